The summed E-state index contributed by atoms with van der Waals surface area (Å²) in [6.07, 6.45) is 5.81. The van der Waals surface area contributed by atoms with E-state index < -0.39 is 20.0 Å². The van der Waals surface area contributed by atoms with E-state index in [1.165, 1.54) is 0 Å². The van der Waals surface area contributed by atoms with E-state index in [-0.39, 0.29) is 11.7 Å². The lowest BCUT2D eigenvalue weighted by Crippen LogP contribution is -2.61. The van der Waals surface area contributed by atoms with Gasteiger partial charge in [0.15, 0.2) is 9.84 Å². The van der Waals surface area contributed by atoms with Crippen LogP contribution in [0.15, 0.2) is 0 Å². The number of carbonyl (C=O) groups excluding carboxylic acids is 1. The Hall–Kier alpha value is -0.620. The molecule has 0 radical (unpaired) electrons. The standard InChI is InChI=1S/C16H30N2O3S/c1-3-15(4-2,12-17)14(19)18-10-11-22(20,21)16(13-18)8-6-5-7-9-16/h3-13,17H2,1-2H3. The molecule has 2 N–H and O–H groups in total. The molecule has 5 nitrogen and oxygen atoms in total. The Balaban J connectivity index is 2.26. The Morgan fingerprint density at radius 1 is 1.18 bits per heavy atom. The van der Waals surface area contributed by atoms with Crippen molar-refractivity contribution >= 4 is 15.7 Å². The van der Waals surface area contributed by atoms with E-state index in [0.29, 0.717) is 45.3 Å². The average molecular weight is 330 g/mol. The smallest absolute Gasteiger partial charge is 0.230 e. The Morgan fingerprint density at radius 2 is 1.77 bits per heavy atom. The van der Waals surface area contributed by atoms with E-state index in [1.54, 1.807) is 4.90 Å². The maximum atomic E-state index is 13.0. The van der Waals surface area contributed by atoms with Gasteiger partial charge in [-0.1, -0.05) is 33.1 Å². The molecule has 2 fully saturated rings. The zero-order chi connectivity index (χ0) is 16.4. The lowest BCUT2D eigenvalue weighted by Gasteiger charge is -2.46. The van der Waals surface area contributed by atoms with Crippen LogP contribution < -0.4 is 5.73 Å². The lowest BCUT2D eigenvalue weighted by atomic mass is 9.80. The number of nitrogens with zero attached hydrogens (tertiary/aromatic N) is 1. The van der Waals surface area contributed by atoms with E-state index in [9.17, 15) is 13.2 Å². The minimum atomic E-state index is -3.10. The second-order valence-electron chi connectivity index (χ2n) is 6.98. The molecule has 0 atom stereocenters. The molecule has 1 aliphatic heterocycles. The highest BCUT2D eigenvalue weighted by molar-refractivity contribution is 7.92. The first-order chi connectivity index (χ1) is 10.4. The molecular formula is C16H30N2O3S. The summed E-state index contributed by atoms with van der Waals surface area (Å²) in [5, 5.41) is 0. The number of hydrogen-bond donors (Lipinski definition) is 1. The van der Waals surface area contributed by atoms with Crippen molar-refractivity contribution in [3.05, 3.63) is 0 Å². The van der Waals surface area contributed by atoms with Crippen LogP contribution in [-0.4, -0.2) is 49.4 Å². The maximum absolute atomic E-state index is 13.0. The molecule has 0 aromatic rings. The summed E-state index contributed by atoms with van der Waals surface area (Å²) in [5.74, 6) is 0.159. The van der Waals surface area contributed by atoms with Crippen molar-refractivity contribution in [3.8, 4) is 0 Å². The molecule has 2 rings (SSSR count). The summed E-state index contributed by atoms with van der Waals surface area (Å²) in [7, 11) is -3.10. The third-order valence-electron chi connectivity index (χ3n) is 6.02. The molecule has 0 unspecified atom stereocenters. The molecule has 0 bridgehead atoms. The van der Waals surface area contributed by atoms with Gasteiger partial charge < -0.3 is 10.6 Å². The van der Waals surface area contributed by atoms with Crippen LogP contribution in [0.5, 0.6) is 0 Å². The number of nitrogens with two attached hydrogens (primary N) is 1. The van der Waals surface area contributed by atoms with Crippen LogP contribution in [0.1, 0.15) is 58.8 Å². The van der Waals surface area contributed by atoms with Gasteiger partial charge in [0.1, 0.15) is 0 Å². The molecule has 1 heterocycles. The van der Waals surface area contributed by atoms with Crippen LogP contribution in [0.25, 0.3) is 0 Å². The summed E-state index contributed by atoms with van der Waals surface area (Å²) in [6, 6.07) is 0. The van der Waals surface area contributed by atoms with E-state index in [4.69, 9.17) is 5.73 Å². The topological polar surface area (TPSA) is 80.5 Å². The molecule has 0 aromatic heterocycles. The van der Waals surface area contributed by atoms with Crippen LogP contribution in [0.2, 0.25) is 0 Å². The fraction of sp³-hybridized carbons (Fsp3) is 0.938. The highest BCUT2D eigenvalue weighted by atomic mass is 32.2. The Kier molecular flexibility index (Phi) is 5.22. The summed E-state index contributed by atoms with van der Waals surface area (Å²) >= 11 is 0. The van der Waals surface area contributed by atoms with Crippen LogP contribution in [-0.2, 0) is 14.6 Å². The Morgan fingerprint density at radius 3 is 2.27 bits per heavy atom. The van der Waals surface area contributed by atoms with Crippen LogP contribution in [0.4, 0.5) is 0 Å². The van der Waals surface area contributed by atoms with Gasteiger partial charge in [0.05, 0.1) is 15.9 Å². The molecule has 1 saturated heterocycles. The first-order valence-electron chi connectivity index (χ1n) is 8.58. The van der Waals surface area contributed by atoms with Crippen molar-refractivity contribution < 1.29 is 13.2 Å². The van der Waals surface area contributed by atoms with E-state index in [1.807, 2.05) is 13.8 Å². The number of rotatable bonds is 4. The summed E-state index contributed by atoms with van der Waals surface area (Å²) in [6.45, 7) is 5.01. The zero-order valence-electron chi connectivity index (χ0n) is 13.9. The molecule has 1 spiro atoms. The van der Waals surface area contributed by atoms with Crippen molar-refractivity contribution in [2.24, 2.45) is 11.1 Å². The van der Waals surface area contributed by atoms with Crippen molar-refractivity contribution in [2.45, 2.75) is 63.5 Å². The number of carbonyl (C=O) groups is 1. The average Bonchev–Trinajstić information content (AvgIpc) is 2.53. The minimum absolute atomic E-state index is 0.0554. The molecule has 1 amide bonds. The highest BCUT2D eigenvalue weighted by Gasteiger charge is 2.51. The van der Waals surface area contributed by atoms with Gasteiger partial charge >= 0.3 is 0 Å². The predicted octanol–water partition coefficient (Wildman–Crippen LogP) is 1.71. The first-order valence-corrected chi connectivity index (χ1v) is 10.2. The third-order valence-corrected chi connectivity index (χ3v) is 8.60. The zero-order valence-corrected chi connectivity index (χ0v) is 14.8. The van der Waals surface area contributed by atoms with Gasteiger partial charge in [-0.2, -0.15) is 0 Å². The fourth-order valence-electron chi connectivity index (χ4n) is 4.07. The molecule has 1 saturated carbocycles. The van der Waals surface area contributed by atoms with Gasteiger partial charge in [-0.15, -0.1) is 0 Å². The summed E-state index contributed by atoms with van der Waals surface area (Å²) in [4.78, 5) is 14.8. The van der Waals surface area contributed by atoms with Crippen molar-refractivity contribution in [1.82, 2.24) is 4.90 Å². The number of sulfone groups is 1. The van der Waals surface area contributed by atoms with Crippen LogP contribution >= 0.6 is 0 Å². The maximum Gasteiger partial charge on any atom is 0.230 e. The van der Waals surface area contributed by atoms with Gasteiger partial charge in [-0.3, -0.25) is 4.79 Å². The minimum Gasteiger partial charge on any atom is -0.340 e. The highest BCUT2D eigenvalue weighted by Crippen LogP contribution is 2.40. The Labute approximate surface area is 134 Å². The van der Waals surface area contributed by atoms with E-state index in [2.05, 4.69) is 0 Å². The second-order valence-corrected chi connectivity index (χ2v) is 9.48. The summed E-state index contributed by atoms with van der Waals surface area (Å²) < 4.78 is 24.6. The van der Waals surface area contributed by atoms with Gasteiger partial charge in [-0.05, 0) is 25.7 Å². The first kappa shape index (κ1) is 17.7. The predicted molar refractivity (Wildman–Crippen MR) is 88.3 cm³/mol. The Bertz CT molecular complexity index is 497. The summed E-state index contributed by atoms with van der Waals surface area (Å²) in [5.41, 5.74) is 5.36. The molecule has 22 heavy (non-hydrogen) atoms. The van der Waals surface area contributed by atoms with Crippen molar-refractivity contribution in [2.75, 3.05) is 25.4 Å². The number of amides is 1. The molecule has 2 aliphatic rings. The van der Waals surface area contributed by atoms with Gasteiger partial charge in [0, 0.05) is 19.6 Å². The quantitative estimate of drug-likeness (QED) is 0.851. The molecular weight excluding hydrogens is 300 g/mol. The van der Waals surface area contributed by atoms with E-state index >= 15 is 0 Å². The van der Waals surface area contributed by atoms with Gasteiger partial charge in [0.2, 0.25) is 5.91 Å². The normalized spacial score (nSPS) is 24.4. The monoisotopic (exact) mass is 330 g/mol. The van der Waals surface area contributed by atoms with Gasteiger partial charge in [0.25, 0.3) is 0 Å². The van der Waals surface area contributed by atoms with Crippen molar-refractivity contribution in [1.29, 1.82) is 0 Å². The van der Waals surface area contributed by atoms with Crippen LogP contribution in [0, 0.1) is 5.41 Å². The molecule has 128 valence electrons. The fourth-order valence-corrected chi connectivity index (χ4v) is 6.23. The lowest BCUT2D eigenvalue weighted by molar-refractivity contribution is -0.142. The second kappa shape index (κ2) is 6.48. The van der Waals surface area contributed by atoms with Crippen LogP contribution in [0.3, 0.4) is 0 Å². The third kappa shape index (κ3) is 2.80. The van der Waals surface area contributed by atoms with E-state index in [0.717, 1.165) is 19.3 Å². The molecule has 1 aliphatic carbocycles. The van der Waals surface area contributed by atoms with Crippen molar-refractivity contribution in [3.63, 3.8) is 0 Å². The largest absolute Gasteiger partial charge is 0.340 e. The SMILES string of the molecule is CCC(CC)(CN)C(=O)N1CCS(=O)(=O)C2(CCCCC2)C1. The van der Waals surface area contributed by atoms with Gasteiger partial charge in [-0.25, -0.2) is 8.42 Å². The number of hydrogen-bond acceptors (Lipinski definition) is 4. The molecule has 6 heteroatoms. The molecule has 0 aromatic carbocycles.